The number of aromatic nitrogens is 3. The quantitative estimate of drug-likeness (QED) is 0.803. The highest BCUT2D eigenvalue weighted by Crippen LogP contribution is 2.14. The van der Waals surface area contributed by atoms with E-state index in [0.717, 1.165) is 12.0 Å². The van der Waals surface area contributed by atoms with Gasteiger partial charge in [0.1, 0.15) is 5.82 Å². The summed E-state index contributed by atoms with van der Waals surface area (Å²) in [7, 11) is 1.49. The summed E-state index contributed by atoms with van der Waals surface area (Å²) in [5.74, 6) is 0.623. The first-order chi connectivity index (χ1) is 8.47. The van der Waals surface area contributed by atoms with Crippen LogP contribution >= 0.6 is 10.7 Å². The van der Waals surface area contributed by atoms with Crippen LogP contribution in [-0.2, 0) is 22.0 Å². The fourth-order valence-electron chi connectivity index (χ4n) is 1.62. The van der Waals surface area contributed by atoms with E-state index in [9.17, 15) is 8.42 Å². The molecule has 0 aromatic carbocycles. The molecule has 0 bridgehead atoms. The molecule has 0 aliphatic rings. The van der Waals surface area contributed by atoms with Crippen LogP contribution < -0.4 is 0 Å². The summed E-state index contributed by atoms with van der Waals surface area (Å²) in [6.45, 7) is 2.38. The molecule has 2 aromatic rings. The molecule has 0 N–H and O–H groups in total. The van der Waals surface area contributed by atoms with E-state index in [1.54, 1.807) is 23.9 Å². The topological polar surface area (TPSA) is 64.8 Å². The fraction of sp³-hybridized carbons (Fsp3) is 0.273. The summed E-state index contributed by atoms with van der Waals surface area (Å²) in [6, 6.07) is 3.84. The average Bonchev–Trinajstić information content (AvgIpc) is 2.69. The van der Waals surface area contributed by atoms with Crippen LogP contribution in [0.3, 0.4) is 0 Å². The summed E-state index contributed by atoms with van der Waals surface area (Å²) < 4.78 is 24.1. The Bertz CT molecular complexity index is 638. The van der Waals surface area contributed by atoms with Gasteiger partial charge in [0.05, 0.1) is 0 Å². The first kappa shape index (κ1) is 13.0. The number of hydrogen-bond donors (Lipinski definition) is 0. The van der Waals surface area contributed by atoms with E-state index >= 15 is 0 Å². The number of pyridine rings is 1. The van der Waals surface area contributed by atoms with Gasteiger partial charge in [-0.2, -0.15) is 0 Å². The lowest BCUT2D eigenvalue weighted by atomic mass is 10.2. The van der Waals surface area contributed by atoms with Crippen molar-refractivity contribution in [2.45, 2.75) is 24.9 Å². The second kappa shape index (κ2) is 5.07. The van der Waals surface area contributed by atoms with Gasteiger partial charge in [0.2, 0.25) is 0 Å². The number of halogens is 1. The van der Waals surface area contributed by atoms with Crippen LogP contribution in [0.2, 0.25) is 0 Å². The van der Waals surface area contributed by atoms with Crippen molar-refractivity contribution >= 4 is 19.7 Å². The van der Waals surface area contributed by atoms with Crippen LogP contribution in [0, 0.1) is 6.92 Å². The summed E-state index contributed by atoms with van der Waals surface area (Å²) in [5, 5.41) is -0.104. The Kier molecular flexibility index (Phi) is 3.68. The second-order valence-electron chi connectivity index (χ2n) is 3.87. The predicted molar refractivity (Wildman–Crippen MR) is 67.9 cm³/mol. The van der Waals surface area contributed by atoms with Crippen molar-refractivity contribution in [3.63, 3.8) is 0 Å². The molecule has 96 valence electrons. The fourth-order valence-corrected chi connectivity index (χ4v) is 2.34. The monoisotopic (exact) mass is 285 g/mol. The molecular formula is C11H12ClN3O2S. The number of aryl methyl sites for hydroxylation is 3. The highest BCUT2D eigenvalue weighted by atomic mass is 35.7. The first-order valence-electron chi connectivity index (χ1n) is 5.34. The van der Waals surface area contributed by atoms with Gasteiger partial charge in [-0.3, -0.25) is 4.98 Å². The standard InChI is InChI=1S/C11H12ClN3O2S/c1-9-14-11(18(12,16)17)8-15(9)6-4-10-3-2-5-13-7-10/h2-3,5,7-8H,4,6H2,1H3. The van der Waals surface area contributed by atoms with Crippen molar-refractivity contribution in [3.05, 3.63) is 42.1 Å². The minimum absolute atomic E-state index is 0.104. The van der Waals surface area contributed by atoms with E-state index in [1.807, 2.05) is 12.1 Å². The van der Waals surface area contributed by atoms with Gasteiger partial charge in [-0.05, 0) is 25.0 Å². The van der Waals surface area contributed by atoms with Crippen LogP contribution in [0.15, 0.2) is 35.7 Å². The molecule has 0 amide bonds. The van der Waals surface area contributed by atoms with Crippen molar-refractivity contribution in [1.82, 2.24) is 14.5 Å². The zero-order valence-electron chi connectivity index (χ0n) is 9.75. The third kappa shape index (κ3) is 3.08. The van der Waals surface area contributed by atoms with Gasteiger partial charge in [0, 0.05) is 35.8 Å². The lowest BCUT2D eigenvalue weighted by molar-refractivity contribution is 0.606. The number of rotatable bonds is 4. The number of hydrogen-bond acceptors (Lipinski definition) is 4. The van der Waals surface area contributed by atoms with Crippen molar-refractivity contribution < 1.29 is 8.42 Å². The van der Waals surface area contributed by atoms with Gasteiger partial charge >= 0.3 is 0 Å². The van der Waals surface area contributed by atoms with Gasteiger partial charge in [-0.1, -0.05) is 6.07 Å². The Hall–Kier alpha value is -1.40. The van der Waals surface area contributed by atoms with Crippen LogP contribution in [-0.4, -0.2) is 23.0 Å². The Balaban J connectivity index is 2.13. The minimum atomic E-state index is -3.76. The maximum absolute atomic E-state index is 11.2. The summed E-state index contributed by atoms with van der Waals surface area (Å²) in [5.41, 5.74) is 1.08. The molecule has 0 atom stereocenters. The normalized spacial score (nSPS) is 11.7. The second-order valence-corrected chi connectivity index (χ2v) is 6.38. The molecular weight excluding hydrogens is 274 g/mol. The van der Waals surface area contributed by atoms with Crippen LogP contribution in [0.1, 0.15) is 11.4 Å². The molecule has 0 unspecified atom stereocenters. The Morgan fingerprint density at radius 2 is 2.22 bits per heavy atom. The number of nitrogens with zero attached hydrogens (tertiary/aromatic N) is 3. The Morgan fingerprint density at radius 3 is 2.78 bits per heavy atom. The van der Waals surface area contributed by atoms with Gasteiger partial charge in [0.15, 0.2) is 5.03 Å². The van der Waals surface area contributed by atoms with Crippen molar-refractivity contribution in [2.75, 3.05) is 0 Å². The molecule has 0 spiro atoms. The average molecular weight is 286 g/mol. The largest absolute Gasteiger partial charge is 0.333 e. The number of imidazole rings is 1. The first-order valence-corrected chi connectivity index (χ1v) is 7.65. The maximum Gasteiger partial charge on any atom is 0.280 e. The molecule has 2 heterocycles. The smallest absolute Gasteiger partial charge is 0.280 e. The lowest BCUT2D eigenvalue weighted by Crippen LogP contribution is -2.02. The lowest BCUT2D eigenvalue weighted by Gasteiger charge is -2.03. The van der Waals surface area contributed by atoms with Crippen molar-refractivity contribution in [1.29, 1.82) is 0 Å². The Labute approximate surface area is 110 Å². The zero-order chi connectivity index (χ0) is 13.2. The van der Waals surface area contributed by atoms with Crippen LogP contribution in [0.4, 0.5) is 0 Å². The van der Waals surface area contributed by atoms with Crippen LogP contribution in [0.5, 0.6) is 0 Å². The zero-order valence-corrected chi connectivity index (χ0v) is 11.3. The minimum Gasteiger partial charge on any atom is -0.333 e. The van der Waals surface area contributed by atoms with Crippen molar-refractivity contribution in [3.8, 4) is 0 Å². The van der Waals surface area contributed by atoms with Crippen LogP contribution in [0.25, 0.3) is 0 Å². The summed E-state index contributed by atoms with van der Waals surface area (Å²) >= 11 is 0. The van der Waals surface area contributed by atoms with E-state index in [4.69, 9.17) is 10.7 Å². The summed E-state index contributed by atoms with van der Waals surface area (Å²) in [4.78, 5) is 7.94. The van der Waals surface area contributed by atoms with Gasteiger partial charge in [0.25, 0.3) is 9.05 Å². The van der Waals surface area contributed by atoms with Gasteiger partial charge < -0.3 is 4.57 Å². The molecule has 18 heavy (non-hydrogen) atoms. The SMILES string of the molecule is Cc1nc(S(=O)(=O)Cl)cn1CCc1cccnc1. The molecule has 0 fully saturated rings. The predicted octanol–water partition coefficient (Wildman–Crippen LogP) is 1.76. The van der Waals surface area contributed by atoms with E-state index in [-0.39, 0.29) is 5.03 Å². The molecule has 7 heteroatoms. The highest BCUT2D eigenvalue weighted by molar-refractivity contribution is 8.13. The molecule has 0 aliphatic carbocycles. The van der Waals surface area contributed by atoms with E-state index in [1.165, 1.54) is 6.20 Å². The van der Waals surface area contributed by atoms with Gasteiger partial charge in [-0.25, -0.2) is 13.4 Å². The molecule has 0 saturated carbocycles. The molecule has 0 radical (unpaired) electrons. The molecule has 0 saturated heterocycles. The maximum atomic E-state index is 11.2. The Morgan fingerprint density at radius 1 is 1.44 bits per heavy atom. The molecule has 5 nitrogen and oxygen atoms in total. The summed E-state index contributed by atoms with van der Waals surface area (Å²) in [6.07, 6.45) is 5.70. The molecule has 0 aliphatic heterocycles. The highest BCUT2D eigenvalue weighted by Gasteiger charge is 2.15. The third-order valence-corrected chi connectivity index (χ3v) is 3.74. The molecule has 2 rings (SSSR count). The van der Waals surface area contributed by atoms with E-state index < -0.39 is 9.05 Å². The van der Waals surface area contributed by atoms with E-state index in [2.05, 4.69) is 9.97 Å². The van der Waals surface area contributed by atoms with Gasteiger partial charge in [-0.15, -0.1) is 0 Å². The van der Waals surface area contributed by atoms with E-state index in [0.29, 0.717) is 12.4 Å². The third-order valence-electron chi connectivity index (χ3n) is 2.57. The van der Waals surface area contributed by atoms with Crippen molar-refractivity contribution in [2.24, 2.45) is 0 Å². The molecule has 2 aromatic heterocycles.